The van der Waals surface area contributed by atoms with E-state index in [0.717, 1.165) is 10.2 Å². The van der Waals surface area contributed by atoms with Crippen LogP contribution in [0, 0.1) is 0 Å². The molecule has 3 rings (SSSR count). The lowest BCUT2D eigenvalue weighted by molar-refractivity contribution is -0.115. The lowest BCUT2D eigenvalue weighted by atomic mass is 10.2. The Morgan fingerprint density at radius 2 is 1.91 bits per heavy atom. The minimum absolute atomic E-state index is 0.348. The summed E-state index contributed by atoms with van der Waals surface area (Å²) in [6.07, 6.45) is 0. The molecule has 5 nitrogen and oxygen atoms in total. The molecule has 0 radical (unpaired) electrons. The maximum absolute atomic E-state index is 12.7. The van der Waals surface area contributed by atoms with Gasteiger partial charge in [0.1, 0.15) is 0 Å². The third kappa shape index (κ3) is 2.58. The number of fused-ring (bicyclic) bond motifs is 1. The molecule has 0 saturated heterocycles. The highest BCUT2D eigenvalue weighted by Gasteiger charge is 2.13. The Labute approximate surface area is 131 Å². The molecule has 0 aliphatic carbocycles. The van der Waals surface area contributed by atoms with Gasteiger partial charge in [-0.3, -0.25) is 15.0 Å². The molecule has 0 unspecified atom stereocenters. The first-order chi connectivity index (χ1) is 10.6. The van der Waals surface area contributed by atoms with Crippen LogP contribution in [0.1, 0.15) is 6.92 Å². The Morgan fingerprint density at radius 1 is 1.18 bits per heavy atom. The van der Waals surface area contributed by atoms with E-state index in [1.165, 1.54) is 6.92 Å². The summed E-state index contributed by atoms with van der Waals surface area (Å²) in [5.41, 5.74) is 3.39. The molecule has 6 heteroatoms. The Morgan fingerprint density at radius 3 is 2.59 bits per heavy atom. The minimum atomic E-state index is -0.374. The zero-order valence-electron chi connectivity index (χ0n) is 11.7. The molecule has 0 fully saturated rings. The first-order valence-corrected chi connectivity index (χ1v) is 6.99. The fourth-order valence-corrected chi connectivity index (χ4v) is 2.37. The van der Waals surface area contributed by atoms with E-state index in [2.05, 4.69) is 10.4 Å². The van der Waals surface area contributed by atoms with Gasteiger partial charge in [-0.05, 0) is 18.2 Å². The van der Waals surface area contributed by atoms with Gasteiger partial charge in [0.2, 0.25) is 5.91 Å². The van der Waals surface area contributed by atoms with Gasteiger partial charge in [0, 0.05) is 17.5 Å². The number of nitrogens with one attached hydrogen (secondary N) is 1. The van der Waals surface area contributed by atoms with Crippen molar-refractivity contribution in [2.24, 2.45) is 0 Å². The topological polar surface area (TPSA) is 64.0 Å². The lowest BCUT2D eigenvalue weighted by Crippen LogP contribution is -2.34. The third-order valence-corrected chi connectivity index (χ3v) is 3.37. The normalized spacial score (nSPS) is 10.6. The molecule has 2 aromatic carbocycles. The Bertz CT molecular complexity index is 920. The van der Waals surface area contributed by atoms with Crippen LogP contribution in [0.3, 0.4) is 0 Å². The molecule has 0 bridgehead atoms. The van der Waals surface area contributed by atoms with E-state index in [0.29, 0.717) is 21.7 Å². The molecule has 0 atom stereocenters. The number of halogens is 1. The molecule has 1 N–H and O–H groups in total. The second-order valence-electron chi connectivity index (χ2n) is 4.77. The van der Waals surface area contributed by atoms with Crippen LogP contribution >= 0.6 is 11.6 Å². The standard InChI is InChI=1S/C16H12ClN3O2/c1-10(21)19-20-15(11-5-3-2-4-6-11)18-14-8-7-12(17)9-13(14)16(20)22/h2-9H,1H3,(H,19,21). The summed E-state index contributed by atoms with van der Waals surface area (Å²) in [7, 11) is 0. The number of carbonyl (C=O) groups excluding carboxylic acids is 1. The second-order valence-corrected chi connectivity index (χ2v) is 5.21. The van der Waals surface area contributed by atoms with E-state index in [1.807, 2.05) is 30.3 Å². The molecular formula is C16H12ClN3O2. The highest BCUT2D eigenvalue weighted by Crippen LogP contribution is 2.20. The highest BCUT2D eigenvalue weighted by atomic mass is 35.5. The van der Waals surface area contributed by atoms with Crippen LogP contribution in [0.15, 0.2) is 53.3 Å². The van der Waals surface area contributed by atoms with Crippen LogP contribution in [0.25, 0.3) is 22.3 Å². The second kappa shape index (κ2) is 5.61. The van der Waals surface area contributed by atoms with Crippen molar-refractivity contribution in [3.05, 3.63) is 63.9 Å². The largest absolute Gasteiger partial charge is 0.280 e. The Hall–Kier alpha value is -2.66. The maximum atomic E-state index is 12.7. The van der Waals surface area contributed by atoms with Gasteiger partial charge < -0.3 is 0 Å². The summed E-state index contributed by atoms with van der Waals surface area (Å²) in [6.45, 7) is 1.34. The van der Waals surface area contributed by atoms with Crippen LogP contribution in [0.5, 0.6) is 0 Å². The zero-order chi connectivity index (χ0) is 15.7. The fourth-order valence-electron chi connectivity index (χ4n) is 2.20. The molecule has 22 heavy (non-hydrogen) atoms. The predicted molar refractivity (Wildman–Crippen MR) is 86.5 cm³/mol. The van der Waals surface area contributed by atoms with Gasteiger partial charge in [-0.25, -0.2) is 4.98 Å². The molecule has 3 aromatic rings. The van der Waals surface area contributed by atoms with Gasteiger partial charge in [0.25, 0.3) is 5.56 Å². The smallest absolute Gasteiger partial charge is 0.274 e. The van der Waals surface area contributed by atoms with Crippen molar-refractivity contribution in [1.29, 1.82) is 0 Å². The van der Waals surface area contributed by atoms with Gasteiger partial charge in [0.05, 0.1) is 10.9 Å². The average Bonchev–Trinajstić information content (AvgIpc) is 2.51. The van der Waals surface area contributed by atoms with Gasteiger partial charge in [-0.15, -0.1) is 0 Å². The molecule has 0 spiro atoms. The van der Waals surface area contributed by atoms with E-state index in [-0.39, 0.29) is 11.5 Å². The van der Waals surface area contributed by atoms with Crippen molar-refractivity contribution < 1.29 is 4.79 Å². The Balaban J connectivity index is 2.37. The molecule has 0 aliphatic rings. The van der Waals surface area contributed by atoms with Crippen LogP contribution < -0.4 is 11.0 Å². The number of rotatable bonds is 2. The van der Waals surface area contributed by atoms with E-state index in [1.54, 1.807) is 18.2 Å². The summed E-state index contributed by atoms with van der Waals surface area (Å²) in [5.74, 6) is 0.0121. The molecule has 0 saturated carbocycles. The summed E-state index contributed by atoms with van der Waals surface area (Å²) >= 11 is 5.94. The van der Waals surface area contributed by atoms with Gasteiger partial charge in [-0.2, -0.15) is 4.68 Å². The lowest BCUT2D eigenvalue weighted by Gasteiger charge is -2.13. The maximum Gasteiger partial charge on any atom is 0.280 e. The van der Waals surface area contributed by atoms with Gasteiger partial charge >= 0.3 is 0 Å². The van der Waals surface area contributed by atoms with E-state index in [4.69, 9.17) is 11.6 Å². The number of amides is 1. The third-order valence-electron chi connectivity index (χ3n) is 3.13. The average molecular weight is 314 g/mol. The summed E-state index contributed by atoms with van der Waals surface area (Å²) < 4.78 is 1.15. The molecule has 1 heterocycles. The molecular weight excluding hydrogens is 302 g/mol. The van der Waals surface area contributed by atoms with Crippen LogP contribution in [-0.4, -0.2) is 15.6 Å². The summed E-state index contributed by atoms with van der Waals surface area (Å²) in [5, 5.41) is 0.786. The van der Waals surface area contributed by atoms with E-state index >= 15 is 0 Å². The quantitative estimate of drug-likeness (QED) is 0.791. The van der Waals surface area contributed by atoms with Gasteiger partial charge in [-0.1, -0.05) is 41.9 Å². The van der Waals surface area contributed by atoms with Crippen molar-refractivity contribution >= 4 is 28.4 Å². The van der Waals surface area contributed by atoms with Crippen molar-refractivity contribution in [1.82, 2.24) is 9.66 Å². The highest BCUT2D eigenvalue weighted by molar-refractivity contribution is 6.31. The monoisotopic (exact) mass is 313 g/mol. The first kappa shape index (κ1) is 14.3. The number of hydrogen-bond acceptors (Lipinski definition) is 3. The minimum Gasteiger partial charge on any atom is -0.274 e. The van der Waals surface area contributed by atoms with E-state index < -0.39 is 0 Å². The number of carbonyl (C=O) groups is 1. The van der Waals surface area contributed by atoms with Crippen LogP contribution in [0.4, 0.5) is 0 Å². The first-order valence-electron chi connectivity index (χ1n) is 6.61. The van der Waals surface area contributed by atoms with Crippen LogP contribution in [0.2, 0.25) is 5.02 Å². The molecule has 1 amide bonds. The van der Waals surface area contributed by atoms with Crippen molar-refractivity contribution in [2.75, 3.05) is 5.43 Å². The number of hydrogen-bond donors (Lipinski definition) is 1. The summed E-state index contributed by atoms with van der Waals surface area (Å²) in [6, 6.07) is 14.1. The fraction of sp³-hybridized carbons (Fsp3) is 0.0625. The van der Waals surface area contributed by atoms with Crippen molar-refractivity contribution in [3.8, 4) is 11.4 Å². The van der Waals surface area contributed by atoms with E-state index in [9.17, 15) is 9.59 Å². The number of aromatic nitrogens is 2. The number of nitrogens with zero attached hydrogens (tertiary/aromatic N) is 2. The Kier molecular flexibility index (Phi) is 3.65. The SMILES string of the molecule is CC(=O)Nn1c(-c2ccccc2)nc2ccc(Cl)cc2c1=O. The molecule has 110 valence electrons. The molecule has 1 aromatic heterocycles. The summed E-state index contributed by atoms with van der Waals surface area (Å²) in [4.78, 5) is 28.6. The molecule has 0 aliphatic heterocycles. The van der Waals surface area contributed by atoms with Crippen molar-refractivity contribution in [3.63, 3.8) is 0 Å². The number of benzene rings is 2. The predicted octanol–water partition coefficient (Wildman–Crippen LogP) is 2.81. The van der Waals surface area contributed by atoms with Crippen LogP contribution in [-0.2, 0) is 4.79 Å². The zero-order valence-corrected chi connectivity index (χ0v) is 12.5. The van der Waals surface area contributed by atoms with Gasteiger partial charge in [0.15, 0.2) is 5.82 Å². The van der Waals surface area contributed by atoms with Crippen molar-refractivity contribution in [2.45, 2.75) is 6.92 Å².